The van der Waals surface area contributed by atoms with Crippen molar-refractivity contribution >= 4 is 10.2 Å². The van der Waals surface area contributed by atoms with E-state index in [4.69, 9.17) is 4.52 Å². The first kappa shape index (κ1) is 22.7. The van der Waals surface area contributed by atoms with Gasteiger partial charge in [0, 0.05) is 24.4 Å². The third-order valence-electron chi connectivity index (χ3n) is 7.63. The van der Waals surface area contributed by atoms with Gasteiger partial charge in [-0.15, -0.1) is 0 Å². The van der Waals surface area contributed by atoms with Crippen molar-refractivity contribution in [3.05, 3.63) is 59.8 Å². The quantitative estimate of drug-likeness (QED) is 0.583. The maximum absolute atomic E-state index is 13.1. The van der Waals surface area contributed by atoms with Gasteiger partial charge in [0.05, 0.1) is 11.2 Å². The molecule has 1 spiro atoms. The van der Waals surface area contributed by atoms with Crippen molar-refractivity contribution in [1.82, 2.24) is 19.2 Å². The molecule has 3 heterocycles. The lowest BCUT2D eigenvalue weighted by Gasteiger charge is -2.33. The van der Waals surface area contributed by atoms with Gasteiger partial charge in [-0.25, -0.2) is 0 Å². The Morgan fingerprint density at radius 2 is 1.83 bits per heavy atom. The molecule has 2 aromatic heterocycles. The SMILES string of the molecule is O=S1(=O)NC2(CN1CC(F)(F)F)C1CCC2Cc2cc(-c3cc(-c4ccccn4)no3)ccc2C1. The third kappa shape index (κ3) is 3.95. The Morgan fingerprint density at radius 3 is 2.54 bits per heavy atom. The summed E-state index contributed by atoms with van der Waals surface area (Å²) in [6, 6.07) is 13.4. The summed E-state index contributed by atoms with van der Waals surface area (Å²) >= 11 is 0. The Morgan fingerprint density at radius 1 is 1.06 bits per heavy atom. The normalized spacial score (nSPS) is 27.7. The molecule has 6 rings (SSSR count). The van der Waals surface area contributed by atoms with E-state index in [0.29, 0.717) is 34.3 Å². The van der Waals surface area contributed by atoms with Gasteiger partial charge in [0.25, 0.3) is 10.2 Å². The average Bonchev–Trinajstić information content (AvgIpc) is 3.43. The lowest BCUT2D eigenvalue weighted by molar-refractivity contribution is -0.136. The molecule has 0 radical (unpaired) electrons. The predicted molar refractivity (Wildman–Crippen MR) is 121 cm³/mol. The molecule has 184 valence electrons. The van der Waals surface area contributed by atoms with Crippen LogP contribution in [0.3, 0.4) is 0 Å². The highest BCUT2D eigenvalue weighted by atomic mass is 32.2. The second kappa shape index (κ2) is 7.87. The number of rotatable bonds is 3. The summed E-state index contributed by atoms with van der Waals surface area (Å²) in [5.74, 6) is 0.444. The molecule has 1 N–H and O–H groups in total. The zero-order chi connectivity index (χ0) is 24.4. The molecular weight excluding hydrogens is 481 g/mol. The predicted octanol–water partition coefficient (Wildman–Crippen LogP) is 3.98. The first-order valence-electron chi connectivity index (χ1n) is 11.5. The van der Waals surface area contributed by atoms with E-state index in [1.807, 2.05) is 42.5 Å². The molecule has 3 atom stereocenters. The number of hydrogen-bond donors (Lipinski definition) is 1. The fourth-order valence-electron chi connectivity index (χ4n) is 6.04. The van der Waals surface area contributed by atoms with Crippen LogP contribution in [0.25, 0.3) is 22.7 Å². The van der Waals surface area contributed by atoms with Crippen LogP contribution in [0.5, 0.6) is 0 Å². The highest BCUT2D eigenvalue weighted by Crippen LogP contribution is 2.50. The summed E-state index contributed by atoms with van der Waals surface area (Å²) in [7, 11) is -4.20. The van der Waals surface area contributed by atoms with Crippen LogP contribution >= 0.6 is 0 Å². The molecule has 3 unspecified atom stereocenters. The molecule has 35 heavy (non-hydrogen) atoms. The Labute approximate surface area is 200 Å². The van der Waals surface area contributed by atoms with Gasteiger partial charge in [-0.1, -0.05) is 23.4 Å². The number of nitrogens with one attached hydrogen (secondary N) is 1. The van der Waals surface area contributed by atoms with Gasteiger partial charge in [0.15, 0.2) is 5.76 Å². The number of hydrogen-bond acceptors (Lipinski definition) is 5. The second-order valence-electron chi connectivity index (χ2n) is 9.69. The number of aromatic nitrogens is 2. The maximum atomic E-state index is 13.1. The van der Waals surface area contributed by atoms with Gasteiger partial charge in [-0.05, 0) is 66.8 Å². The number of halogens is 3. The molecule has 3 aliphatic rings. The van der Waals surface area contributed by atoms with E-state index in [2.05, 4.69) is 14.9 Å². The van der Waals surface area contributed by atoms with Crippen LogP contribution in [0.4, 0.5) is 13.2 Å². The monoisotopic (exact) mass is 504 g/mol. The molecule has 0 amide bonds. The largest absolute Gasteiger partial charge is 0.402 e. The summed E-state index contributed by atoms with van der Waals surface area (Å²) in [5.41, 5.74) is 3.45. The molecule has 1 aromatic carbocycles. The first-order chi connectivity index (χ1) is 16.6. The zero-order valence-electron chi connectivity index (χ0n) is 18.6. The second-order valence-corrected chi connectivity index (χ2v) is 11.4. The van der Waals surface area contributed by atoms with Crippen molar-refractivity contribution in [2.75, 3.05) is 13.1 Å². The molecular formula is C24H23F3N4O3S. The van der Waals surface area contributed by atoms with Crippen LogP contribution in [-0.2, 0) is 23.1 Å². The Bertz CT molecular complexity index is 1380. The van der Waals surface area contributed by atoms with E-state index < -0.39 is 28.5 Å². The van der Waals surface area contributed by atoms with E-state index in [9.17, 15) is 21.6 Å². The van der Waals surface area contributed by atoms with E-state index >= 15 is 0 Å². The molecule has 1 aliphatic heterocycles. The number of benzene rings is 1. The van der Waals surface area contributed by atoms with Crippen LogP contribution in [0.2, 0.25) is 0 Å². The summed E-state index contributed by atoms with van der Waals surface area (Å²) in [5, 5.41) is 4.13. The zero-order valence-corrected chi connectivity index (χ0v) is 19.4. The standard InChI is InChI=1S/C24H23F3N4O3S/c25-24(26,27)14-31-13-23(30-35(31,32)33)18-6-7-19(23)11-17-9-16(5-4-15(17)10-18)22-12-21(29-34-22)20-3-1-2-8-28-20/h1-5,8-9,12,18-19,30H,6-7,10-11,13-14H2. The third-order valence-corrected chi connectivity index (χ3v) is 9.21. The van der Waals surface area contributed by atoms with Crippen LogP contribution in [0, 0.1) is 11.8 Å². The molecule has 3 aromatic rings. The van der Waals surface area contributed by atoms with Crippen molar-refractivity contribution in [3.63, 3.8) is 0 Å². The minimum absolute atomic E-state index is 0.0614. The van der Waals surface area contributed by atoms with E-state index in [0.717, 1.165) is 29.5 Å². The van der Waals surface area contributed by atoms with Gasteiger partial charge in [-0.2, -0.15) is 30.6 Å². The van der Waals surface area contributed by atoms with E-state index in [1.54, 1.807) is 6.20 Å². The van der Waals surface area contributed by atoms with Crippen molar-refractivity contribution in [3.8, 4) is 22.7 Å². The minimum Gasteiger partial charge on any atom is -0.356 e. The van der Waals surface area contributed by atoms with Crippen LogP contribution in [-0.4, -0.2) is 47.7 Å². The number of alkyl halides is 3. The van der Waals surface area contributed by atoms with Crippen LogP contribution < -0.4 is 4.72 Å². The van der Waals surface area contributed by atoms with Gasteiger partial charge >= 0.3 is 6.18 Å². The fourth-order valence-corrected chi connectivity index (χ4v) is 7.75. The minimum atomic E-state index is -4.59. The van der Waals surface area contributed by atoms with Crippen molar-refractivity contribution in [2.24, 2.45) is 11.8 Å². The number of fused-ring (bicyclic) bond motifs is 1. The Hall–Kier alpha value is -2.76. The molecule has 2 bridgehead atoms. The van der Waals surface area contributed by atoms with Gasteiger partial charge in [0.2, 0.25) is 0 Å². The highest BCUT2D eigenvalue weighted by molar-refractivity contribution is 7.87. The summed E-state index contributed by atoms with van der Waals surface area (Å²) < 4.78 is 73.4. The van der Waals surface area contributed by atoms with Gasteiger partial charge in [-0.3, -0.25) is 4.98 Å². The van der Waals surface area contributed by atoms with E-state index in [1.165, 1.54) is 0 Å². The summed E-state index contributed by atoms with van der Waals surface area (Å²) in [6.45, 7) is -1.62. The first-order valence-corrected chi connectivity index (χ1v) is 12.9. The Balaban J connectivity index is 1.30. The fraction of sp³-hybridized carbons (Fsp3) is 0.417. The average molecular weight is 505 g/mol. The number of nitrogens with zero attached hydrogens (tertiary/aromatic N) is 3. The molecule has 2 fully saturated rings. The smallest absolute Gasteiger partial charge is 0.356 e. The molecule has 11 heteroatoms. The van der Waals surface area contributed by atoms with E-state index in [-0.39, 0.29) is 18.4 Å². The lowest BCUT2D eigenvalue weighted by Crippen LogP contribution is -2.52. The van der Waals surface area contributed by atoms with Crippen LogP contribution in [0.1, 0.15) is 24.0 Å². The summed E-state index contributed by atoms with van der Waals surface area (Å²) in [6.07, 6.45) is -0.156. The molecule has 2 aliphatic carbocycles. The summed E-state index contributed by atoms with van der Waals surface area (Å²) in [4.78, 5) is 4.29. The maximum Gasteiger partial charge on any atom is 0.402 e. The van der Waals surface area contributed by atoms with Crippen molar-refractivity contribution in [2.45, 2.75) is 37.4 Å². The van der Waals surface area contributed by atoms with Crippen molar-refractivity contribution in [1.29, 1.82) is 0 Å². The lowest BCUT2D eigenvalue weighted by atomic mass is 9.79. The van der Waals surface area contributed by atoms with Gasteiger partial charge < -0.3 is 4.52 Å². The molecule has 1 saturated heterocycles. The topological polar surface area (TPSA) is 88.3 Å². The Kier molecular flexibility index (Phi) is 5.10. The van der Waals surface area contributed by atoms with Crippen LogP contribution in [0.15, 0.2) is 53.2 Å². The highest BCUT2D eigenvalue weighted by Gasteiger charge is 2.60. The van der Waals surface area contributed by atoms with Gasteiger partial charge in [0.1, 0.15) is 12.2 Å². The molecule has 7 nitrogen and oxygen atoms in total. The number of pyridine rings is 1. The molecule has 1 saturated carbocycles. The van der Waals surface area contributed by atoms with Crippen molar-refractivity contribution < 1.29 is 26.1 Å².